The molecule has 3 aromatic rings. The lowest BCUT2D eigenvalue weighted by atomic mass is 10.1. The monoisotopic (exact) mass is 471 g/mol. The molecule has 1 aliphatic rings. The van der Waals surface area contributed by atoms with E-state index in [4.69, 9.17) is 16.3 Å². The number of anilines is 1. The van der Waals surface area contributed by atoms with E-state index in [2.05, 4.69) is 15.6 Å². The van der Waals surface area contributed by atoms with Crippen molar-refractivity contribution < 1.29 is 17.9 Å². The largest absolute Gasteiger partial charge is 0.492 e. The predicted octanol–water partition coefficient (Wildman–Crippen LogP) is 3.62. The van der Waals surface area contributed by atoms with Crippen LogP contribution in [0.15, 0.2) is 70.7 Å². The van der Waals surface area contributed by atoms with Gasteiger partial charge in [0, 0.05) is 42.1 Å². The zero-order valence-corrected chi connectivity index (χ0v) is 18.9. The Balaban J connectivity index is 1.43. The Morgan fingerprint density at radius 3 is 2.72 bits per heavy atom. The summed E-state index contributed by atoms with van der Waals surface area (Å²) in [6.07, 6.45) is 4.02. The first kappa shape index (κ1) is 22.1. The lowest BCUT2D eigenvalue weighted by Crippen LogP contribution is -2.38. The first-order valence-corrected chi connectivity index (χ1v) is 12.0. The van der Waals surface area contributed by atoms with E-state index in [1.54, 1.807) is 31.5 Å². The number of hydrogen-bond acceptors (Lipinski definition) is 6. The van der Waals surface area contributed by atoms with Crippen LogP contribution in [-0.2, 0) is 27.6 Å². The zero-order valence-electron chi connectivity index (χ0n) is 17.3. The highest BCUT2D eigenvalue weighted by Crippen LogP contribution is 2.32. The standard InChI is InChI=1S/C23H22ClN3O4S/c1-2-31-21-12-17(24)5-8-22(21)32(29,30)18-6-3-15(4-7-18)13-26-23(28)20-11-16-14-25-10-9-19(16)27-20/h3-10,12,14,20,27H,2,11,13H2,1H3,(H,26,28). The van der Waals surface area contributed by atoms with Gasteiger partial charge in [0.05, 0.1) is 11.5 Å². The Morgan fingerprint density at radius 1 is 1.22 bits per heavy atom. The van der Waals surface area contributed by atoms with Gasteiger partial charge in [0.1, 0.15) is 16.7 Å². The maximum atomic E-state index is 13.1. The average molecular weight is 472 g/mol. The molecule has 1 aliphatic heterocycles. The first-order chi connectivity index (χ1) is 15.4. The van der Waals surface area contributed by atoms with E-state index in [0.29, 0.717) is 18.1 Å². The van der Waals surface area contributed by atoms with Gasteiger partial charge in [-0.05, 0) is 48.4 Å². The third kappa shape index (κ3) is 4.56. The number of pyridine rings is 1. The van der Waals surface area contributed by atoms with Crippen molar-refractivity contribution in [2.24, 2.45) is 0 Å². The highest BCUT2D eigenvalue weighted by Gasteiger charge is 2.26. The van der Waals surface area contributed by atoms with Crippen LogP contribution in [0.1, 0.15) is 18.1 Å². The number of hydrogen-bond donors (Lipinski definition) is 2. The summed E-state index contributed by atoms with van der Waals surface area (Å²) in [6, 6.07) is 12.4. The van der Waals surface area contributed by atoms with Crippen LogP contribution < -0.4 is 15.4 Å². The second-order valence-corrected chi connectivity index (χ2v) is 9.68. The molecule has 1 unspecified atom stereocenters. The van der Waals surface area contributed by atoms with E-state index < -0.39 is 9.84 Å². The Bertz CT molecular complexity index is 1220. The van der Waals surface area contributed by atoms with Gasteiger partial charge in [-0.15, -0.1) is 0 Å². The van der Waals surface area contributed by atoms with E-state index >= 15 is 0 Å². The second-order valence-electron chi connectivity index (χ2n) is 7.32. The Labute approximate surface area is 191 Å². The average Bonchev–Trinajstić information content (AvgIpc) is 3.22. The first-order valence-electron chi connectivity index (χ1n) is 10.1. The molecule has 0 saturated heterocycles. The molecule has 0 aliphatic carbocycles. The number of sulfone groups is 1. The topological polar surface area (TPSA) is 97.4 Å². The molecule has 0 spiro atoms. The van der Waals surface area contributed by atoms with Crippen LogP contribution in [0.4, 0.5) is 5.69 Å². The molecule has 2 heterocycles. The third-order valence-corrected chi connectivity index (χ3v) is 7.21. The number of halogens is 1. The van der Waals surface area contributed by atoms with Crippen LogP contribution in [0.25, 0.3) is 0 Å². The smallest absolute Gasteiger partial charge is 0.243 e. The van der Waals surface area contributed by atoms with Crippen LogP contribution in [0.5, 0.6) is 5.75 Å². The van der Waals surface area contributed by atoms with Crippen molar-refractivity contribution in [1.82, 2.24) is 10.3 Å². The van der Waals surface area contributed by atoms with Crippen molar-refractivity contribution in [2.75, 3.05) is 11.9 Å². The number of ether oxygens (including phenoxy) is 1. The number of nitrogens with one attached hydrogen (secondary N) is 2. The predicted molar refractivity (Wildman–Crippen MR) is 122 cm³/mol. The van der Waals surface area contributed by atoms with Crippen molar-refractivity contribution in [3.05, 3.63) is 77.1 Å². The highest BCUT2D eigenvalue weighted by atomic mass is 35.5. The van der Waals surface area contributed by atoms with Crippen molar-refractivity contribution in [3.63, 3.8) is 0 Å². The molecule has 0 bridgehead atoms. The lowest BCUT2D eigenvalue weighted by Gasteiger charge is -2.13. The van der Waals surface area contributed by atoms with Gasteiger partial charge in [-0.2, -0.15) is 0 Å². The Hall–Kier alpha value is -3.10. The van der Waals surface area contributed by atoms with Crippen LogP contribution in [0.2, 0.25) is 5.02 Å². The zero-order chi connectivity index (χ0) is 22.7. The minimum absolute atomic E-state index is 0.0613. The Morgan fingerprint density at radius 2 is 2.00 bits per heavy atom. The minimum atomic E-state index is -3.79. The third-order valence-electron chi connectivity index (χ3n) is 5.17. The number of carbonyl (C=O) groups excluding carboxylic acids is 1. The number of aromatic nitrogens is 1. The van der Waals surface area contributed by atoms with E-state index in [-0.39, 0.29) is 34.0 Å². The van der Waals surface area contributed by atoms with E-state index in [0.717, 1.165) is 16.8 Å². The molecule has 1 aromatic heterocycles. The molecule has 9 heteroatoms. The fraction of sp³-hybridized carbons (Fsp3) is 0.217. The van der Waals surface area contributed by atoms with Crippen molar-refractivity contribution in [1.29, 1.82) is 0 Å². The van der Waals surface area contributed by atoms with Crippen LogP contribution in [0.3, 0.4) is 0 Å². The quantitative estimate of drug-likeness (QED) is 0.546. The molecule has 4 rings (SSSR count). The summed E-state index contributed by atoms with van der Waals surface area (Å²) in [5.41, 5.74) is 2.72. The summed E-state index contributed by atoms with van der Waals surface area (Å²) >= 11 is 5.99. The Kier molecular flexibility index (Phi) is 6.34. The molecular weight excluding hydrogens is 450 g/mol. The van der Waals surface area contributed by atoms with Crippen molar-refractivity contribution in [2.45, 2.75) is 35.7 Å². The van der Waals surface area contributed by atoms with E-state index in [1.165, 1.54) is 30.3 Å². The van der Waals surface area contributed by atoms with Gasteiger partial charge >= 0.3 is 0 Å². The summed E-state index contributed by atoms with van der Waals surface area (Å²) in [7, 11) is -3.79. The molecule has 166 valence electrons. The van der Waals surface area contributed by atoms with Crippen molar-refractivity contribution in [3.8, 4) is 5.75 Å². The minimum Gasteiger partial charge on any atom is -0.492 e. The SMILES string of the molecule is CCOc1cc(Cl)ccc1S(=O)(=O)c1ccc(CNC(=O)C2Cc3cnccc3N2)cc1. The number of amides is 1. The molecule has 0 radical (unpaired) electrons. The molecule has 2 aromatic carbocycles. The van der Waals surface area contributed by atoms with Gasteiger partial charge in [-0.3, -0.25) is 9.78 Å². The molecule has 32 heavy (non-hydrogen) atoms. The summed E-state index contributed by atoms with van der Waals surface area (Å²) in [6.45, 7) is 2.38. The molecule has 1 atom stereocenters. The maximum absolute atomic E-state index is 13.1. The van der Waals surface area contributed by atoms with Crippen molar-refractivity contribution >= 4 is 33.0 Å². The summed E-state index contributed by atoms with van der Waals surface area (Å²) < 4.78 is 31.7. The molecule has 7 nitrogen and oxygen atoms in total. The normalized spacial score (nSPS) is 15.0. The molecular formula is C23H22ClN3O4S. The molecule has 1 amide bonds. The molecule has 2 N–H and O–H groups in total. The van der Waals surface area contributed by atoms with Gasteiger partial charge in [-0.1, -0.05) is 23.7 Å². The highest BCUT2D eigenvalue weighted by molar-refractivity contribution is 7.91. The number of fused-ring (bicyclic) bond motifs is 1. The molecule has 0 fully saturated rings. The fourth-order valence-corrected chi connectivity index (χ4v) is 5.09. The van der Waals surface area contributed by atoms with Gasteiger partial charge in [0.15, 0.2) is 0 Å². The maximum Gasteiger partial charge on any atom is 0.243 e. The van der Waals surface area contributed by atoms with Gasteiger partial charge < -0.3 is 15.4 Å². The van der Waals surface area contributed by atoms with Crippen LogP contribution in [-0.4, -0.2) is 32.0 Å². The van der Waals surface area contributed by atoms with E-state index in [1.807, 2.05) is 6.07 Å². The summed E-state index contributed by atoms with van der Waals surface area (Å²) in [4.78, 5) is 16.8. The molecule has 0 saturated carbocycles. The van der Waals surface area contributed by atoms with Crippen LogP contribution in [0, 0.1) is 0 Å². The number of rotatable bonds is 7. The van der Waals surface area contributed by atoms with Crippen LogP contribution >= 0.6 is 11.6 Å². The van der Waals surface area contributed by atoms with Gasteiger partial charge in [-0.25, -0.2) is 8.42 Å². The number of carbonyl (C=O) groups is 1. The van der Waals surface area contributed by atoms with Gasteiger partial charge in [0.2, 0.25) is 15.7 Å². The number of nitrogens with zero attached hydrogens (tertiary/aromatic N) is 1. The summed E-state index contributed by atoms with van der Waals surface area (Å²) in [5.74, 6) is 0.0945. The fourth-order valence-electron chi connectivity index (χ4n) is 3.55. The summed E-state index contributed by atoms with van der Waals surface area (Å²) in [5, 5.41) is 6.47. The van der Waals surface area contributed by atoms with Gasteiger partial charge in [0.25, 0.3) is 0 Å². The lowest BCUT2D eigenvalue weighted by molar-refractivity contribution is -0.121. The second kappa shape index (κ2) is 9.18. The number of benzene rings is 2. The van der Waals surface area contributed by atoms with E-state index in [9.17, 15) is 13.2 Å².